The first-order valence-electron chi connectivity index (χ1n) is 9.93. The molecule has 0 saturated heterocycles. The van der Waals surface area contributed by atoms with Crippen LogP contribution in [0.4, 0.5) is 11.4 Å². The number of ketones is 1. The van der Waals surface area contributed by atoms with Crippen molar-refractivity contribution in [1.29, 1.82) is 5.26 Å². The molecule has 9 heteroatoms. The van der Waals surface area contributed by atoms with E-state index in [1.54, 1.807) is 60.0 Å². The van der Waals surface area contributed by atoms with Crippen LogP contribution in [0.2, 0.25) is 5.02 Å². The summed E-state index contributed by atoms with van der Waals surface area (Å²) in [5.74, 6) is -0.202. The van der Waals surface area contributed by atoms with E-state index in [1.165, 1.54) is 29.7 Å². The van der Waals surface area contributed by atoms with Crippen LogP contribution in [0, 0.1) is 21.4 Å². The second-order valence-corrected chi connectivity index (χ2v) is 8.34. The Morgan fingerprint density at radius 3 is 2.53 bits per heavy atom. The van der Waals surface area contributed by atoms with Gasteiger partial charge in [-0.3, -0.25) is 14.9 Å². The van der Waals surface area contributed by atoms with Crippen molar-refractivity contribution < 1.29 is 9.72 Å². The number of nitriles is 1. The van der Waals surface area contributed by atoms with Crippen molar-refractivity contribution in [3.63, 3.8) is 0 Å². The van der Waals surface area contributed by atoms with Crippen LogP contribution in [-0.2, 0) is 0 Å². The van der Waals surface area contributed by atoms with Crippen molar-refractivity contribution in [2.45, 2.75) is 0 Å². The zero-order valence-electron chi connectivity index (χ0n) is 17.4. The number of halogens is 1. The van der Waals surface area contributed by atoms with Gasteiger partial charge >= 0.3 is 0 Å². The Labute approximate surface area is 203 Å². The Morgan fingerprint density at radius 1 is 1.12 bits per heavy atom. The highest BCUT2D eigenvalue weighted by Crippen LogP contribution is 2.28. The fourth-order valence-electron chi connectivity index (χ4n) is 3.15. The number of aromatic nitrogens is 1. The van der Waals surface area contributed by atoms with Crippen molar-refractivity contribution in [1.82, 2.24) is 4.98 Å². The summed E-state index contributed by atoms with van der Waals surface area (Å²) in [7, 11) is 0. The van der Waals surface area contributed by atoms with Crippen LogP contribution >= 0.6 is 22.9 Å². The summed E-state index contributed by atoms with van der Waals surface area (Å²) in [5, 5.41) is 26.2. The van der Waals surface area contributed by atoms with Gasteiger partial charge in [0.05, 0.1) is 10.6 Å². The minimum absolute atomic E-state index is 0.00942. The average Bonchev–Trinajstić information content (AvgIpc) is 3.35. The smallest absolute Gasteiger partial charge is 0.269 e. The zero-order valence-corrected chi connectivity index (χ0v) is 19.0. The predicted molar refractivity (Wildman–Crippen MR) is 133 cm³/mol. The Balaban J connectivity index is 1.60. The fourth-order valence-corrected chi connectivity index (χ4v) is 4.12. The van der Waals surface area contributed by atoms with Gasteiger partial charge in [0, 0.05) is 51.1 Å². The summed E-state index contributed by atoms with van der Waals surface area (Å²) in [4.78, 5) is 27.9. The van der Waals surface area contributed by atoms with Gasteiger partial charge in [-0.25, -0.2) is 4.98 Å². The maximum absolute atomic E-state index is 13.0. The standard InChI is InChI=1S/C25H15ClN4O3S/c26-19-8-11-22(21(12-19)24(31)17-4-2-1-3-5-17)28-14-18(13-27)25-29-23(15-34-25)16-6-9-20(10-7-16)30(32)33/h1-12,14-15,28H. The molecule has 3 aromatic carbocycles. The molecule has 1 heterocycles. The number of carbonyl (C=O) groups is 1. The summed E-state index contributed by atoms with van der Waals surface area (Å²) in [5.41, 5.74) is 2.95. The molecular formula is C25H15ClN4O3S. The summed E-state index contributed by atoms with van der Waals surface area (Å²) < 4.78 is 0. The van der Waals surface area contributed by atoms with E-state index < -0.39 is 4.92 Å². The van der Waals surface area contributed by atoms with Crippen LogP contribution < -0.4 is 5.32 Å². The molecule has 0 saturated carbocycles. The zero-order chi connectivity index (χ0) is 24.1. The predicted octanol–water partition coefficient (Wildman–Crippen LogP) is 6.58. The number of nitrogens with zero attached hydrogens (tertiary/aromatic N) is 3. The van der Waals surface area contributed by atoms with Crippen LogP contribution in [0.15, 0.2) is 84.4 Å². The number of benzene rings is 3. The van der Waals surface area contributed by atoms with Gasteiger partial charge in [0.2, 0.25) is 0 Å². The number of anilines is 1. The summed E-state index contributed by atoms with van der Waals surface area (Å²) in [6.07, 6.45) is 1.49. The van der Waals surface area contributed by atoms with Crippen LogP contribution in [0.1, 0.15) is 20.9 Å². The molecule has 1 N–H and O–H groups in total. The Bertz CT molecular complexity index is 1440. The van der Waals surface area contributed by atoms with Crippen molar-refractivity contribution in [2.24, 2.45) is 0 Å². The van der Waals surface area contributed by atoms with E-state index in [0.717, 1.165) is 0 Å². The minimum Gasteiger partial charge on any atom is -0.360 e. The van der Waals surface area contributed by atoms with Gasteiger partial charge in [0.15, 0.2) is 5.78 Å². The highest BCUT2D eigenvalue weighted by atomic mass is 35.5. The van der Waals surface area contributed by atoms with Crippen LogP contribution in [0.5, 0.6) is 0 Å². The van der Waals surface area contributed by atoms with E-state index in [4.69, 9.17) is 11.6 Å². The molecule has 0 unspecified atom stereocenters. The average molecular weight is 487 g/mol. The molecule has 4 aromatic rings. The molecule has 0 aliphatic carbocycles. The molecule has 166 valence electrons. The van der Waals surface area contributed by atoms with Gasteiger partial charge in [-0.1, -0.05) is 41.9 Å². The largest absolute Gasteiger partial charge is 0.360 e. The highest BCUT2D eigenvalue weighted by Gasteiger charge is 2.15. The number of hydrogen-bond donors (Lipinski definition) is 1. The summed E-state index contributed by atoms with van der Waals surface area (Å²) >= 11 is 7.40. The molecule has 0 fully saturated rings. The lowest BCUT2D eigenvalue weighted by Crippen LogP contribution is -2.05. The normalized spacial score (nSPS) is 11.0. The lowest BCUT2D eigenvalue weighted by Gasteiger charge is -2.10. The minimum atomic E-state index is -0.466. The van der Waals surface area contributed by atoms with E-state index in [1.807, 2.05) is 6.07 Å². The second kappa shape index (κ2) is 10.1. The molecule has 34 heavy (non-hydrogen) atoms. The van der Waals surface area contributed by atoms with E-state index in [-0.39, 0.29) is 17.0 Å². The Morgan fingerprint density at radius 2 is 1.85 bits per heavy atom. The number of allylic oxidation sites excluding steroid dienone is 1. The van der Waals surface area contributed by atoms with Gasteiger partial charge in [-0.15, -0.1) is 11.3 Å². The van der Waals surface area contributed by atoms with E-state index >= 15 is 0 Å². The highest BCUT2D eigenvalue weighted by molar-refractivity contribution is 7.11. The lowest BCUT2D eigenvalue weighted by molar-refractivity contribution is -0.384. The lowest BCUT2D eigenvalue weighted by atomic mass is 10.0. The molecule has 7 nitrogen and oxygen atoms in total. The summed E-state index contributed by atoms with van der Waals surface area (Å²) in [6, 6.07) is 21.9. The van der Waals surface area contributed by atoms with E-state index in [0.29, 0.717) is 38.1 Å². The molecule has 4 rings (SSSR count). The third kappa shape index (κ3) is 5.02. The molecule has 0 spiro atoms. The van der Waals surface area contributed by atoms with Gasteiger partial charge in [-0.2, -0.15) is 5.26 Å². The van der Waals surface area contributed by atoms with E-state index in [9.17, 15) is 20.2 Å². The number of carbonyl (C=O) groups excluding carboxylic acids is 1. The maximum atomic E-state index is 13.0. The van der Waals surface area contributed by atoms with Crippen LogP contribution in [0.25, 0.3) is 16.8 Å². The Hall–Kier alpha value is -4.32. The molecule has 1 aromatic heterocycles. The number of rotatable bonds is 7. The number of hydrogen-bond acceptors (Lipinski definition) is 7. The molecule has 0 aliphatic rings. The quantitative estimate of drug-likeness (QED) is 0.137. The van der Waals surface area contributed by atoms with Gasteiger partial charge in [0.1, 0.15) is 16.6 Å². The number of thiazole rings is 1. The topological polar surface area (TPSA) is 109 Å². The van der Waals surface area contributed by atoms with Crippen molar-refractivity contribution in [3.8, 4) is 17.3 Å². The molecule has 0 atom stereocenters. The molecule has 0 bridgehead atoms. The van der Waals surface area contributed by atoms with Crippen molar-refractivity contribution in [3.05, 3.63) is 116 Å². The molecular weight excluding hydrogens is 472 g/mol. The van der Waals surface area contributed by atoms with Gasteiger partial charge in [-0.05, 0) is 30.3 Å². The van der Waals surface area contributed by atoms with Crippen molar-refractivity contribution in [2.75, 3.05) is 5.32 Å². The molecule has 0 amide bonds. The second-order valence-electron chi connectivity index (χ2n) is 7.04. The first-order chi connectivity index (χ1) is 16.5. The molecule has 0 aliphatic heterocycles. The van der Waals surface area contributed by atoms with E-state index in [2.05, 4.69) is 16.4 Å². The summed E-state index contributed by atoms with van der Waals surface area (Å²) in [6.45, 7) is 0. The monoisotopic (exact) mass is 486 g/mol. The number of nitro benzene ring substituents is 1. The maximum Gasteiger partial charge on any atom is 0.269 e. The fraction of sp³-hybridized carbons (Fsp3) is 0. The first kappa shape index (κ1) is 22.9. The SMILES string of the molecule is N#CC(=CNc1ccc(Cl)cc1C(=O)c1ccccc1)c1nc(-c2ccc([N+](=O)[O-])cc2)cs1. The third-order valence-corrected chi connectivity index (χ3v) is 5.97. The van der Waals surface area contributed by atoms with Crippen molar-refractivity contribution >= 4 is 45.7 Å². The van der Waals surface area contributed by atoms with Gasteiger partial charge < -0.3 is 5.32 Å². The van der Waals surface area contributed by atoms with Gasteiger partial charge in [0.25, 0.3) is 5.69 Å². The molecule has 0 radical (unpaired) electrons. The third-order valence-electron chi connectivity index (χ3n) is 4.86. The first-order valence-corrected chi connectivity index (χ1v) is 11.2. The van der Waals surface area contributed by atoms with Crippen LogP contribution in [0.3, 0.4) is 0 Å². The number of nitro groups is 1. The number of nitrogens with one attached hydrogen (secondary N) is 1. The number of non-ortho nitro benzene ring substituents is 1. The van der Waals surface area contributed by atoms with Crippen LogP contribution in [-0.4, -0.2) is 15.7 Å². The Kier molecular flexibility index (Phi) is 6.78.